The van der Waals surface area contributed by atoms with Crippen molar-refractivity contribution in [2.45, 2.75) is 13.0 Å². The van der Waals surface area contributed by atoms with Gasteiger partial charge in [-0.3, -0.25) is 9.36 Å². The van der Waals surface area contributed by atoms with Crippen molar-refractivity contribution < 1.29 is 13.5 Å². The van der Waals surface area contributed by atoms with Crippen LogP contribution < -0.4 is 16.0 Å². The molecule has 0 radical (unpaired) electrons. The second kappa shape index (κ2) is 9.28. The van der Waals surface area contributed by atoms with Gasteiger partial charge in [-0.05, 0) is 31.2 Å². The van der Waals surface area contributed by atoms with Gasteiger partial charge in [0.25, 0.3) is 5.56 Å². The predicted octanol–water partition coefficient (Wildman–Crippen LogP) is 4.67. The Bertz CT molecular complexity index is 1910. The number of nitrogens with two attached hydrogens (primary N) is 1. The molecule has 0 aliphatic rings. The van der Waals surface area contributed by atoms with Gasteiger partial charge >= 0.3 is 0 Å². The molecule has 3 aromatic heterocycles. The number of para-hydroxylation sites is 2. The molecule has 0 spiro atoms. The highest BCUT2D eigenvalue weighted by atomic mass is 19.1. The minimum absolute atomic E-state index is 0.00464. The molecule has 0 saturated heterocycles. The standard InChI is InChI=1S/C28H21F2N7O2/c1-15(26-34-21-11-7-6-10-18(21)28(38)36(26)16-8-4-3-5-9-16)37-27-23(25(31)32-14-33-27)24(35-37)22-19(29)12-17(39-2)13-20(22)30/h3-15H,1-2H3,(H2,31,32,33). The van der Waals surface area contributed by atoms with Crippen LogP contribution in [0.1, 0.15) is 18.8 Å². The molecule has 0 amide bonds. The highest BCUT2D eigenvalue weighted by Gasteiger charge is 2.28. The number of nitrogen functional groups attached to an aromatic ring is 1. The summed E-state index contributed by atoms with van der Waals surface area (Å²) < 4.78 is 38.3. The molecular formula is C28H21F2N7O2. The van der Waals surface area contributed by atoms with Gasteiger partial charge in [0.2, 0.25) is 0 Å². The summed E-state index contributed by atoms with van der Waals surface area (Å²) in [6, 6.07) is 17.5. The number of hydrogen-bond donors (Lipinski definition) is 1. The van der Waals surface area contributed by atoms with Gasteiger partial charge in [-0.2, -0.15) is 5.10 Å². The molecule has 6 rings (SSSR count). The SMILES string of the molecule is COc1cc(F)c(-c2nn(C(C)c3nc4ccccc4c(=O)n3-c3ccccc3)c3ncnc(N)c23)c(F)c1. The Kier molecular flexibility index (Phi) is 5.75. The molecule has 0 aliphatic carbocycles. The zero-order chi connectivity index (χ0) is 27.3. The molecule has 3 aromatic carbocycles. The highest BCUT2D eigenvalue weighted by molar-refractivity contribution is 5.98. The van der Waals surface area contributed by atoms with Gasteiger partial charge in [-0.1, -0.05) is 30.3 Å². The van der Waals surface area contributed by atoms with E-state index in [9.17, 15) is 4.79 Å². The molecule has 39 heavy (non-hydrogen) atoms. The summed E-state index contributed by atoms with van der Waals surface area (Å²) in [4.78, 5) is 26.9. The fraction of sp³-hybridized carbons (Fsp3) is 0.107. The van der Waals surface area contributed by atoms with E-state index in [1.54, 1.807) is 43.3 Å². The van der Waals surface area contributed by atoms with Crippen LogP contribution in [-0.2, 0) is 0 Å². The second-order valence-electron chi connectivity index (χ2n) is 8.86. The Hall–Kier alpha value is -5.19. The summed E-state index contributed by atoms with van der Waals surface area (Å²) in [6.45, 7) is 1.77. The van der Waals surface area contributed by atoms with E-state index >= 15 is 8.78 Å². The summed E-state index contributed by atoms with van der Waals surface area (Å²) in [6.07, 6.45) is 1.24. The van der Waals surface area contributed by atoms with Crippen LogP contribution in [0.25, 0.3) is 38.9 Å². The third kappa shape index (κ3) is 3.86. The number of nitrogens with zero attached hydrogens (tertiary/aromatic N) is 6. The minimum atomic E-state index is -0.890. The van der Waals surface area contributed by atoms with Crippen molar-refractivity contribution in [3.63, 3.8) is 0 Å². The first-order chi connectivity index (χ1) is 18.9. The molecule has 1 atom stereocenters. The molecule has 0 saturated carbocycles. The zero-order valence-corrected chi connectivity index (χ0v) is 20.8. The lowest BCUT2D eigenvalue weighted by Crippen LogP contribution is -2.27. The van der Waals surface area contributed by atoms with Gasteiger partial charge in [0.1, 0.15) is 47.1 Å². The van der Waals surface area contributed by atoms with Crippen molar-refractivity contribution in [2.24, 2.45) is 0 Å². The quantitative estimate of drug-likeness (QED) is 0.348. The van der Waals surface area contributed by atoms with Crippen molar-refractivity contribution in [1.29, 1.82) is 0 Å². The molecule has 3 heterocycles. The lowest BCUT2D eigenvalue weighted by molar-refractivity contribution is 0.407. The van der Waals surface area contributed by atoms with Crippen LogP contribution >= 0.6 is 0 Å². The zero-order valence-electron chi connectivity index (χ0n) is 20.8. The molecule has 6 aromatic rings. The van der Waals surface area contributed by atoms with Crippen LogP contribution in [0, 0.1) is 11.6 Å². The number of fused-ring (bicyclic) bond motifs is 2. The highest BCUT2D eigenvalue weighted by Crippen LogP contribution is 2.37. The monoisotopic (exact) mass is 525 g/mol. The van der Waals surface area contributed by atoms with E-state index in [2.05, 4.69) is 15.1 Å². The van der Waals surface area contributed by atoms with Crippen molar-refractivity contribution in [1.82, 2.24) is 29.3 Å². The van der Waals surface area contributed by atoms with Gasteiger partial charge in [0.05, 0.1) is 34.6 Å². The molecule has 9 nitrogen and oxygen atoms in total. The van der Waals surface area contributed by atoms with Crippen LogP contribution in [0.4, 0.5) is 14.6 Å². The first kappa shape index (κ1) is 24.2. The molecule has 194 valence electrons. The molecule has 11 heteroatoms. The molecule has 0 fully saturated rings. The van der Waals surface area contributed by atoms with Crippen LogP contribution in [0.5, 0.6) is 5.75 Å². The summed E-state index contributed by atoms with van der Waals surface area (Å²) in [5, 5.41) is 5.19. The Balaban J connectivity index is 1.65. The number of anilines is 1. The van der Waals surface area contributed by atoms with Gasteiger partial charge < -0.3 is 10.5 Å². The number of halogens is 2. The number of aromatic nitrogens is 6. The van der Waals surface area contributed by atoms with Crippen molar-refractivity contribution in [2.75, 3.05) is 12.8 Å². The maximum absolute atomic E-state index is 15.2. The first-order valence-corrected chi connectivity index (χ1v) is 12.0. The Morgan fingerprint density at radius 3 is 2.38 bits per heavy atom. The largest absolute Gasteiger partial charge is 0.497 e. The van der Waals surface area contributed by atoms with Gasteiger partial charge in [0.15, 0.2) is 5.65 Å². The molecular weight excluding hydrogens is 504 g/mol. The molecule has 2 N–H and O–H groups in total. The fourth-order valence-corrected chi connectivity index (χ4v) is 4.70. The predicted molar refractivity (Wildman–Crippen MR) is 143 cm³/mol. The van der Waals surface area contributed by atoms with Crippen LogP contribution in [-0.4, -0.2) is 36.4 Å². The Labute approximate surface area is 220 Å². The van der Waals surface area contributed by atoms with Crippen LogP contribution in [0.2, 0.25) is 0 Å². The minimum Gasteiger partial charge on any atom is -0.497 e. The summed E-state index contributed by atoms with van der Waals surface area (Å²) in [5.41, 5.74) is 6.74. The number of benzene rings is 3. The van der Waals surface area contributed by atoms with E-state index < -0.39 is 23.2 Å². The lowest BCUT2D eigenvalue weighted by atomic mass is 10.1. The smallest absolute Gasteiger partial charge is 0.266 e. The Morgan fingerprint density at radius 1 is 0.974 bits per heavy atom. The molecule has 0 aliphatic heterocycles. The maximum Gasteiger partial charge on any atom is 0.266 e. The maximum atomic E-state index is 15.2. The third-order valence-corrected chi connectivity index (χ3v) is 6.56. The van der Waals surface area contributed by atoms with Crippen molar-refractivity contribution >= 4 is 27.8 Å². The number of ether oxygens (including phenoxy) is 1. The summed E-state index contributed by atoms with van der Waals surface area (Å²) >= 11 is 0. The average molecular weight is 526 g/mol. The van der Waals surface area contributed by atoms with Gasteiger partial charge in [-0.25, -0.2) is 28.4 Å². The van der Waals surface area contributed by atoms with Crippen LogP contribution in [0.15, 0.2) is 77.9 Å². The van der Waals surface area contributed by atoms with Gasteiger partial charge in [-0.15, -0.1) is 0 Å². The van der Waals surface area contributed by atoms with E-state index in [4.69, 9.17) is 15.5 Å². The van der Waals surface area contributed by atoms with E-state index in [1.807, 2.05) is 18.2 Å². The first-order valence-electron chi connectivity index (χ1n) is 12.0. The van der Waals surface area contributed by atoms with Gasteiger partial charge in [0, 0.05) is 12.1 Å². The normalized spacial score (nSPS) is 12.2. The van der Waals surface area contributed by atoms with Crippen LogP contribution in [0.3, 0.4) is 0 Å². The molecule has 1 unspecified atom stereocenters. The third-order valence-electron chi connectivity index (χ3n) is 6.56. The summed E-state index contributed by atoms with van der Waals surface area (Å²) in [5.74, 6) is -1.43. The van der Waals surface area contributed by atoms with E-state index in [0.717, 1.165) is 12.1 Å². The van der Waals surface area contributed by atoms with Crippen molar-refractivity contribution in [3.05, 3.63) is 101 Å². The Morgan fingerprint density at radius 2 is 1.67 bits per heavy atom. The van der Waals surface area contributed by atoms with Crippen molar-refractivity contribution in [3.8, 4) is 22.7 Å². The van der Waals surface area contributed by atoms with E-state index in [0.29, 0.717) is 22.4 Å². The average Bonchev–Trinajstić information content (AvgIpc) is 3.33. The fourth-order valence-electron chi connectivity index (χ4n) is 4.70. The summed E-state index contributed by atoms with van der Waals surface area (Å²) in [7, 11) is 1.31. The second-order valence-corrected chi connectivity index (χ2v) is 8.86. The lowest BCUT2D eigenvalue weighted by Gasteiger charge is -2.19. The molecule has 0 bridgehead atoms. The van der Waals surface area contributed by atoms with E-state index in [-0.39, 0.29) is 33.9 Å². The number of hydrogen-bond acceptors (Lipinski definition) is 7. The number of methoxy groups -OCH3 is 1. The topological polar surface area (TPSA) is 114 Å². The van der Waals surface area contributed by atoms with E-state index in [1.165, 1.54) is 22.7 Å². The number of rotatable bonds is 5.